The van der Waals surface area contributed by atoms with Crippen LogP contribution in [0.25, 0.3) is 0 Å². The number of ether oxygens (including phenoxy) is 1. The third-order valence-electron chi connectivity index (χ3n) is 2.85. The Bertz CT molecular complexity index is 342. The van der Waals surface area contributed by atoms with Crippen LogP contribution in [0.4, 0.5) is 0 Å². The van der Waals surface area contributed by atoms with Crippen LogP contribution >= 0.6 is 15.9 Å². The van der Waals surface area contributed by atoms with Gasteiger partial charge in [-0.1, -0.05) is 22.0 Å². The molecular formula is C12H17BrN2O. The molecule has 1 fully saturated rings. The lowest BCUT2D eigenvalue weighted by atomic mass is 10.2. The molecule has 0 bridgehead atoms. The van der Waals surface area contributed by atoms with Gasteiger partial charge < -0.3 is 4.74 Å². The number of halogens is 1. The zero-order chi connectivity index (χ0) is 11.4. The van der Waals surface area contributed by atoms with Gasteiger partial charge in [0.1, 0.15) is 0 Å². The Hall–Kier alpha value is -0.610. The first kappa shape index (κ1) is 11.9. The number of nitrogens with zero attached hydrogens (tertiary/aromatic N) is 2. The van der Waals surface area contributed by atoms with Crippen LogP contribution in [-0.2, 0) is 6.54 Å². The first-order valence-corrected chi connectivity index (χ1v) is 6.75. The van der Waals surface area contributed by atoms with Gasteiger partial charge in [0.15, 0.2) is 0 Å². The van der Waals surface area contributed by atoms with Gasteiger partial charge in [-0.25, -0.2) is 4.98 Å². The maximum atomic E-state index is 5.28. The highest BCUT2D eigenvalue weighted by Gasteiger charge is 2.28. The highest BCUT2D eigenvalue weighted by atomic mass is 79.9. The lowest BCUT2D eigenvalue weighted by Crippen LogP contribution is -2.27. The molecule has 1 aromatic heterocycles. The predicted molar refractivity (Wildman–Crippen MR) is 68.0 cm³/mol. The van der Waals surface area contributed by atoms with E-state index in [1.807, 2.05) is 6.07 Å². The number of rotatable bonds is 6. The average Bonchev–Trinajstić information content (AvgIpc) is 3.13. The van der Waals surface area contributed by atoms with Crippen LogP contribution in [0.2, 0.25) is 0 Å². The molecular weight excluding hydrogens is 268 g/mol. The van der Waals surface area contributed by atoms with Gasteiger partial charge in [0.2, 0.25) is 5.88 Å². The molecule has 1 aliphatic rings. The molecule has 0 N–H and O–H groups in total. The van der Waals surface area contributed by atoms with Gasteiger partial charge in [-0.05, 0) is 18.9 Å². The van der Waals surface area contributed by atoms with E-state index in [4.69, 9.17) is 4.74 Å². The van der Waals surface area contributed by atoms with Gasteiger partial charge in [0, 0.05) is 36.2 Å². The minimum absolute atomic E-state index is 0.753. The van der Waals surface area contributed by atoms with E-state index < -0.39 is 0 Å². The Labute approximate surface area is 105 Å². The van der Waals surface area contributed by atoms with E-state index >= 15 is 0 Å². The van der Waals surface area contributed by atoms with Gasteiger partial charge in [0.25, 0.3) is 0 Å². The van der Waals surface area contributed by atoms with Crippen LogP contribution in [-0.4, -0.2) is 34.9 Å². The topological polar surface area (TPSA) is 25.4 Å². The van der Waals surface area contributed by atoms with Crippen molar-refractivity contribution in [3.8, 4) is 5.88 Å². The molecule has 0 amide bonds. The number of hydrogen-bond donors (Lipinski definition) is 0. The molecule has 0 saturated heterocycles. The smallest absolute Gasteiger partial charge is 0.217 e. The van der Waals surface area contributed by atoms with E-state index in [-0.39, 0.29) is 0 Å². The van der Waals surface area contributed by atoms with Crippen LogP contribution in [0.3, 0.4) is 0 Å². The summed E-state index contributed by atoms with van der Waals surface area (Å²) in [6, 6.07) is 4.83. The molecule has 1 aliphatic carbocycles. The van der Waals surface area contributed by atoms with Crippen LogP contribution in [0.5, 0.6) is 5.88 Å². The van der Waals surface area contributed by atoms with Crippen molar-refractivity contribution in [2.24, 2.45) is 0 Å². The highest BCUT2D eigenvalue weighted by Crippen LogP contribution is 2.29. The lowest BCUT2D eigenvalue weighted by Gasteiger charge is -2.21. The summed E-state index contributed by atoms with van der Waals surface area (Å²) in [6.07, 6.45) is 4.43. The summed E-state index contributed by atoms with van der Waals surface area (Å²) in [4.78, 5) is 6.72. The van der Waals surface area contributed by atoms with Crippen molar-refractivity contribution in [3.05, 3.63) is 23.9 Å². The molecule has 3 nitrogen and oxygen atoms in total. The number of aromatic nitrogens is 1. The van der Waals surface area contributed by atoms with E-state index in [9.17, 15) is 0 Å². The summed E-state index contributed by atoms with van der Waals surface area (Å²) < 4.78 is 5.28. The summed E-state index contributed by atoms with van der Waals surface area (Å²) in [5.74, 6) is 0.753. The molecule has 0 unspecified atom stereocenters. The fourth-order valence-corrected chi connectivity index (χ4v) is 2.34. The standard InChI is InChI=1S/C12H17BrN2O/c1-16-12-10(3-2-7-14-12)9-15(8-6-13)11-4-5-11/h2-3,7,11H,4-6,8-9H2,1H3. The van der Waals surface area contributed by atoms with Crippen molar-refractivity contribution in [3.63, 3.8) is 0 Å². The van der Waals surface area contributed by atoms with Gasteiger partial charge in [-0.3, -0.25) is 4.90 Å². The van der Waals surface area contributed by atoms with Crippen molar-refractivity contribution in [1.29, 1.82) is 0 Å². The van der Waals surface area contributed by atoms with Crippen LogP contribution in [0.15, 0.2) is 18.3 Å². The van der Waals surface area contributed by atoms with Crippen LogP contribution in [0.1, 0.15) is 18.4 Å². The second kappa shape index (κ2) is 5.64. The molecule has 1 heterocycles. The number of methoxy groups -OCH3 is 1. The second-order valence-corrected chi connectivity index (χ2v) is 4.86. The molecule has 4 heteroatoms. The molecule has 1 aromatic rings. The summed E-state index contributed by atoms with van der Waals surface area (Å²) >= 11 is 3.51. The third-order valence-corrected chi connectivity index (χ3v) is 3.21. The molecule has 0 aromatic carbocycles. The number of pyridine rings is 1. The van der Waals surface area contributed by atoms with Crippen molar-refractivity contribution in [2.75, 3.05) is 19.0 Å². The highest BCUT2D eigenvalue weighted by molar-refractivity contribution is 9.09. The summed E-state index contributed by atoms with van der Waals surface area (Å²) in [5.41, 5.74) is 1.18. The zero-order valence-corrected chi connectivity index (χ0v) is 11.1. The molecule has 1 saturated carbocycles. The zero-order valence-electron chi connectivity index (χ0n) is 9.53. The van der Waals surface area contributed by atoms with Crippen molar-refractivity contribution in [2.45, 2.75) is 25.4 Å². The Morgan fingerprint density at radius 2 is 2.38 bits per heavy atom. The van der Waals surface area contributed by atoms with E-state index in [2.05, 4.69) is 31.9 Å². The quantitative estimate of drug-likeness (QED) is 0.751. The SMILES string of the molecule is COc1ncccc1CN(CCBr)C1CC1. The van der Waals surface area contributed by atoms with E-state index in [0.717, 1.165) is 30.3 Å². The van der Waals surface area contributed by atoms with E-state index in [0.29, 0.717) is 0 Å². The molecule has 16 heavy (non-hydrogen) atoms. The minimum atomic E-state index is 0.753. The maximum absolute atomic E-state index is 5.28. The third kappa shape index (κ3) is 2.95. The summed E-state index contributed by atoms with van der Waals surface area (Å²) in [5, 5.41) is 1.02. The Morgan fingerprint density at radius 3 is 3.00 bits per heavy atom. The number of hydrogen-bond acceptors (Lipinski definition) is 3. The Kier molecular flexibility index (Phi) is 4.18. The molecule has 0 atom stereocenters. The maximum Gasteiger partial charge on any atom is 0.217 e. The molecule has 2 rings (SSSR count). The molecule has 0 radical (unpaired) electrons. The molecule has 0 spiro atoms. The monoisotopic (exact) mass is 284 g/mol. The lowest BCUT2D eigenvalue weighted by molar-refractivity contribution is 0.266. The van der Waals surface area contributed by atoms with Crippen molar-refractivity contribution < 1.29 is 4.74 Å². The largest absolute Gasteiger partial charge is 0.481 e. The van der Waals surface area contributed by atoms with Crippen LogP contribution in [0, 0.1) is 0 Å². The first-order valence-electron chi connectivity index (χ1n) is 5.63. The summed E-state index contributed by atoms with van der Waals surface area (Å²) in [7, 11) is 1.68. The van der Waals surface area contributed by atoms with E-state index in [1.54, 1.807) is 13.3 Å². The second-order valence-electron chi connectivity index (χ2n) is 4.06. The average molecular weight is 285 g/mol. The number of alkyl halides is 1. The summed E-state index contributed by atoms with van der Waals surface area (Å²) in [6.45, 7) is 2.02. The van der Waals surface area contributed by atoms with Crippen molar-refractivity contribution >= 4 is 15.9 Å². The van der Waals surface area contributed by atoms with Gasteiger partial charge in [-0.15, -0.1) is 0 Å². The minimum Gasteiger partial charge on any atom is -0.481 e. The molecule has 0 aliphatic heterocycles. The predicted octanol–water partition coefficient (Wildman–Crippen LogP) is 2.45. The van der Waals surface area contributed by atoms with Crippen LogP contribution < -0.4 is 4.74 Å². The fraction of sp³-hybridized carbons (Fsp3) is 0.583. The van der Waals surface area contributed by atoms with Gasteiger partial charge in [0.05, 0.1) is 7.11 Å². The first-order chi connectivity index (χ1) is 7.85. The Morgan fingerprint density at radius 1 is 1.56 bits per heavy atom. The van der Waals surface area contributed by atoms with E-state index in [1.165, 1.54) is 18.4 Å². The Balaban J connectivity index is 2.05. The fourth-order valence-electron chi connectivity index (χ4n) is 1.89. The van der Waals surface area contributed by atoms with Crippen molar-refractivity contribution in [1.82, 2.24) is 9.88 Å². The van der Waals surface area contributed by atoms with Gasteiger partial charge >= 0.3 is 0 Å². The van der Waals surface area contributed by atoms with Gasteiger partial charge in [-0.2, -0.15) is 0 Å². The molecule has 88 valence electrons. The normalized spacial score (nSPS) is 15.4.